The molecule has 1 aromatic heterocycles. The van der Waals surface area contributed by atoms with E-state index < -0.39 is 9.84 Å². The lowest BCUT2D eigenvalue weighted by Gasteiger charge is -2.06. The van der Waals surface area contributed by atoms with Crippen molar-refractivity contribution in [3.05, 3.63) is 42.0 Å². The number of aromatic nitrogens is 2. The van der Waals surface area contributed by atoms with E-state index in [1.165, 1.54) is 24.4 Å². The van der Waals surface area contributed by atoms with Gasteiger partial charge in [0.1, 0.15) is 0 Å². The minimum absolute atomic E-state index is 0.0186. The average molecular weight is 279 g/mol. The normalized spacial score (nSPS) is 11.5. The van der Waals surface area contributed by atoms with Crippen LogP contribution in [0.5, 0.6) is 0 Å². The van der Waals surface area contributed by atoms with Crippen LogP contribution in [-0.2, 0) is 16.9 Å². The van der Waals surface area contributed by atoms with Crippen molar-refractivity contribution < 1.29 is 13.2 Å². The van der Waals surface area contributed by atoms with E-state index in [2.05, 4.69) is 4.98 Å². The zero-order valence-electron chi connectivity index (χ0n) is 10.5. The fraction of sp³-hybridized carbons (Fsp3) is 0.167. The highest BCUT2D eigenvalue weighted by molar-refractivity contribution is 7.90. The molecule has 2 rings (SSSR count). The van der Waals surface area contributed by atoms with Crippen LogP contribution in [0.3, 0.4) is 0 Å². The maximum atomic E-state index is 12.2. The fourth-order valence-corrected chi connectivity index (χ4v) is 2.37. The standard InChI is InChI=1S/C12H13N3O3S/c1-15-4-3-14-12(15)11(16)8-5-9(13)7-10(6-8)19(2,17)18/h3-7H,13H2,1-2H3. The van der Waals surface area contributed by atoms with E-state index in [9.17, 15) is 13.2 Å². The van der Waals surface area contributed by atoms with Gasteiger partial charge < -0.3 is 10.3 Å². The van der Waals surface area contributed by atoms with Crippen LogP contribution in [0, 0.1) is 0 Å². The molecule has 0 amide bonds. The van der Waals surface area contributed by atoms with Gasteiger partial charge in [-0.05, 0) is 18.2 Å². The molecular weight excluding hydrogens is 266 g/mol. The summed E-state index contributed by atoms with van der Waals surface area (Å²) in [7, 11) is -1.74. The van der Waals surface area contributed by atoms with Gasteiger partial charge in [-0.3, -0.25) is 4.79 Å². The third-order valence-corrected chi connectivity index (χ3v) is 3.74. The summed E-state index contributed by atoms with van der Waals surface area (Å²) in [6.07, 6.45) is 4.20. The first-order valence-corrected chi connectivity index (χ1v) is 7.31. The van der Waals surface area contributed by atoms with Crippen LogP contribution >= 0.6 is 0 Å². The summed E-state index contributed by atoms with van der Waals surface area (Å²) in [5, 5.41) is 0. The molecule has 0 saturated heterocycles. The number of aryl methyl sites for hydroxylation is 1. The van der Waals surface area contributed by atoms with Crippen molar-refractivity contribution in [2.45, 2.75) is 4.90 Å². The molecule has 2 aromatic rings. The number of imidazole rings is 1. The quantitative estimate of drug-likeness (QED) is 0.657. The predicted octanol–water partition coefficient (Wildman–Crippen LogP) is 0.637. The molecule has 7 heteroatoms. The lowest BCUT2D eigenvalue weighted by atomic mass is 10.1. The van der Waals surface area contributed by atoms with Crippen LogP contribution in [0.25, 0.3) is 0 Å². The van der Waals surface area contributed by atoms with Crippen LogP contribution in [-0.4, -0.2) is 30.0 Å². The Morgan fingerprint density at radius 3 is 2.53 bits per heavy atom. The summed E-state index contributed by atoms with van der Waals surface area (Å²) in [5.74, 6) is -0.144. The largest absolute Gasteiger partial charge is 0.399 e. The van der Waals surface area contributed by atoms with Crippen molar-refractivity contribution in [2.24, 2.45) is 7.05 Å². The number of carbonyl (C=O) groups excluding carboxylic acids is 1. The summed E-state index contributed by atoms with van der Waals surface area (Å²) < 4.78 is 24.6. The number of rotatable bonds is 3. The number of ketones is 1. The van der Waals surface area contributed by atoms with Crippen molar-refractivity contribution in [1.82, 2.24) is 9.55 Å². The molecule has 0 saturated carbocycles. The Hall–Kier alpha value is -2.15. The molecule has 2 N–H and O–H groups in total. The zero-order valence-corrected chi connectivity index (χ0v) is 11.3. The number of hydrogen-bond acceptors (Lipinski definition) is 5. The molecule has 0 radical (unpaired) electrons. The molecule has 0 fully saturated rings. The molecule has 0 atom stereocenters. The van der Waals surface area contributed by atoms with Gasteiger partial charge in [0.15, 0.2) is 15.7 Å². The van der Waals surface area contributed by atoms with Gasteiger partial charge in [0.25, 0.3) is 0 Å². The molecular formula is C12H13N3O3S. The maximum absolute atomic E-state index is 12.2. The molecule has 6 nitrogen and oxygen atoms in total. The summed E-state index contributed by atoms with van der Waals surface area (Å²) in [6.45, 7) is 0. The SMILES string of the molecule is Cn1ccnc1C(=O)c1cc(N)cc(S(C)(=O)=O)c1. The Morgan fingerprint density at radius 2 is 2.00 bits per heavy atom. The molecule has 0 aliphatic carbocycles. The number of benzene rings is 1. The maximum Gasteiger partial charge on any atom is 0.228 e. The van der Waals surface area contributed by atoms with E-state index in [0.717, 1.165) is 6.26 Å². The van der Waals surface area contributed by atoms with Crippen molar-refractivity contribution in [3.63, 3.8) is 0 Å². The summed E-state index contributed by atoms with van der Waals surface area (Å²) in [6, 6.07) is 4.07. The molecule has 19 heavy (non-hydrogen) atoms. The van der Waals surface area contributed by atoms with E-state index >= 15 is 0 Å². The van der Waals surface area contributed by atoms with Gasteiger partial charge in [-0.1, -0.05) is 0 Å². The first kappa shape index (κ1) is 13.3. The Labute approximate surface area is 110 Å². The molecule has 100 valence electrons. The predicted molar refractivity (Wildman–Crippen MR) is 70.6 cm³/mol. The van der Waals surface area contributed by atoms with Crippen LogP contribution in [0.4, 0.5) is 5.69 Å². The minimum Gasteiger partial charge on any atom is -0.399 e. The number of anilines is 1. The fourth-order valence-electron chi connectivity index (χ4n) is 1.68. The van der Waals surface area contributed by atoms with Gasteiger partial charge in [0, 0.05) is 36.9 Å². The Bertz CT molecular complexity index is 747. The molecule has 0 aliphatic rings. The third-order valence-electron chi connectivity index (χ3n) is 2.64. The molecule has 0 bridgehead atoms. The number of hydrogen-bond donors (Lipinski definition) is 1. The summed E-state index contributed by atoms with van der Waals surface area (Å²) >= 11 is 0. The number of sulfone groups is 1. The van der Waals surface area contributed by atoms with Gasteiger partial charge in [-0.2, -0.15) is 0 Å². The summed E-state index contributed by atoms with van der Waals surface area (Å²) in [5.41, 5.74) is 6.07. The van der Waals surface area contributed by atoms with E-state index in [0.29, 0.717) is 0 Å². The number of nitrogens with zero attached hydrogens (tertiary/aromatic N) is 2. The number of carbonyl (C=O) groups is 1. The van der Waals surface area contributed by atoms with E-state index in [4.69, 9.17) is 5.73 Å². The van der Waals surface area contributed by atoms with Crippen LogP contribution in [0.15, 0.2) is 35.5 Å². The molecule has 1 aromatic carbocycles. The molecule has 1 heterocycles. The van der Waals surface area contributed by atoms with Gasteiger partial charge in [0.2, 0.25) is 5.78 Å². The summed E-state index contributed by atoms with van der Waals surface area (Å²) in [4.78, 5) is 16.2. The van der Waals surface area contributed by atoms with E-state index in [1.54, 1.807) is 17.8 Å². The highest BCUT2D eigenvalue weighted by Gasteiger charge is 2.17. The smallest absolute Gasteiger partial charge is 0.228 e. The monoisotopic (exact) mass is 279 g/mol. The third kappa shape index (κ3) is 2.65. The molecule has 0 unspecified atom stereocenters. The first-order valence-electron chi connectivity index (χ1n) is 5.41. The number of nitrogens with two attached hydrogens (primary N) is 1. The minimum atomic E-state index is -3.42. The topological polar surface area (TPSA) is 95.0 Å². The van der Waals surface area contributed by atoms with Crippen molar-refractivity contribution in [2.75, 3.05) is 12.0 Å². The van der Waals surface area contributed by atoms with Crippen molar-refractivity contribution in [3.8, 4) is 0 Å². The average Bonchev–Trinajstić information content (AvgIpc) is 2.72. The second kappa shape index (κ2) is 4.51. The van der Waals surface area contributed by atoms with Crippen molar-refractivity contribution in [1.29, 1.82) is 0 Å². The lowest BCUT2D eigenvalue weighted by molar-refractivity contribution is 0.102. The molecule has 0 spiro atoms. The Morgan fingerprint density at radius 1 is 1.32 bits per heavy atom. The second-order valence-electron chi connectivity index (χ2n) is 4.25. The second-order valence-corrected chi connectivity index (χ2v) is 6.27. The van der Waals surface area contributed by atoms with Gasteiger partial charge in [-0.25, -0.2) is 13.4 Å². The number of nitrogen functional groups attached to an aromatic ring is 1. The first-order chi connectivity index (χ1) is 8.79. The zero-order chi connectivity index (χ0) is 14.2. The molecule has 0 aliphatic heterocycles. The van der Waals surface area contributed by atoms with Gasteiger partial charge in [0.05, 0.1) is 4.90 Å². The highest BCUT2D eigenvalue weighted by Crippen LogP contribution is 2.18. The lowest BCUT2D eigenvalue weighted by Crippen LogP contribution is -2.10. The highest BCUT2D eigenvalue weighted by atomic mass is 32.2. The van der Waals surface area contributed by atoms with Gasteiger partial charge >= 0.3 is 0 Å². The Kier molecular flexibility index (Phi) is 3.15. The van der Waals surface area contributed by atoms with E-state index in [-0.39, 0.29) is 27.8 Å². The van der Waals surface area contributed by atoms with E-state index in [1.807, 2.05) is 0 Å². The van der Waals surface area contributed by atoms with Crippen LogP contribution in [0.1, 0.15) is 16.2 Å². The Balaban J connectivity index is 2.55. The van der Waals surface area contributed by atoms with Gasteiger partial charge in [-0.15, -0.1) is 0 Å². The van der Waals surface area contributed by atoms with Crippen LogP contribution in [0.2, 0.25) is 0 Å². The van der Waals surface area contributed by atoms with Crippen molar-refractivity contribution >= 4 is 21.3 Å². The van der Waals surface area contributed by atoms with Crippen LogP contribution < -0.4 is 5.73 Å².